The van der Waals surface area contributed by atoms with E-state index in [2.05, 4.69) is 33.1 Å². The van der Waals surface area contributed by atoms with Crippen LogP contribution < -0.4 is 10.6 Å². The summed E-state index contributed by atoms with van der Waals surface area (Å²) in [6, 6.07) is 0. The molecular weight excluding hydrogens is 276 g/mol. The lowest BCUT2D eigenvalue weighted by molar-refractivity contribution is -0.120. The second-order valence-corrected chi connectivity index (χ2v) is 6.00. The van der Waals surface area contributed by atoms with Gasteiger partial charge in [-0.15, -0.1) is 5.10 Å². The Labute approximate surface area is 123 Å². The van der Waals surface area contributed by atoms with Crippen LogP contribution in [-0.4, -0.2) is 51.0 Å². The van der Waals surface area contributed by atoms with Gasteiger partial charge in [-0.25, -0.2) is 4.68 Å². The highest BCUT2D eigenvalue weighted by atomic mass is 32.2. The van der Waals surface area contributed by atoms with Crippen molar-refractivity contribution in [3.63, 3.8) is 0 Å². The number of amides is 1. The smallest absolute Gasteiger partial charge is 0.233 e. The van der Waals surface area contributed by atoms with Crippen LogP contribution in [0.5, 0.6) is 0 Å². The van der Waals surface area contributed by atoms with Crippen LogP contribution in [-0.2, 0) is 11.3 Å². The molecule has 2 N–H and O–H groups in total. The number of nitrogens with zero attached hydrogens (tertiary/aromatic N) is 4. The minimum absolute atomic E-state index is 0.0779. The molecule has 2 rings (SSSR count). The summed E-state index contributed by atoms with van der Waals surface area (Å²) >= 11 is 1.47. The second kappa shape index (κ2) is 8.21. The zero-order valence-corrected chi connectivity index (χ0v) is 12.7. The first-order valence-corrected chi connectivity index (χ1v) is 8.10. The van der Waals surface area contributed by atoms with Gasteiger partial charge in [0, 0.05) is 13.1 Å². The summed E-state index contributed by atoms with van der Waals surface area (Å²) in [6.07, 6.45) is 4.11. The summed E-state index contributed by atoms with van der Waals surface area (Å²) in [5.41, 5.74) is 0. The van der Waals surface area contributed by atoms with E-state index in [1.165, 1.54) is 11.8 Å². The van der Waals surface area contributed by atoms with Gasteiger partial charge in [-0.05, 0) is 36.2 Å². The Bertz CT molecular complexity index is 424. The fourth-order valence-electron chi connectivity index (χ4n) is 2.06. The Morgan fingerprint density at radius 1 is 1.45 bits per heavy atom. The van der Waals surface area contributed by atoms with Gasteiger partial charge in [0.05, 0.1) is 11.8 Å². The predicted molar refractivity (Wildman–Crippen MR) is 77.5 cm³/mol. The summed E-state index contributed by atoms with van der Waals surface area (Å²) in [6.45, 7) is 5.47. The molecule has 1 amide bonds. The monoisotopic (exact) mass is 298 g/mol. The Morgan fingerprint density at radius 3 is 3.20 bits per heavy atom. The van der Waals surface area contributed by atoms with Crippen molar-refractivity contribution in [3.8, 4) is 0 Å². The van der Waals surface area contributed by atoms with E-state index in [0.29, 0.717) is 0 Å². The molecule has 112 valence electrons. The van der Waals surface area contributed by atoms with Crippen molar-refractivity contribution in [2.75, 3.05) is 19.6 Å². The molecule has 1 aromatic rings. The van der Waals surface area contributed by atoms with Gasteiger partial charge in [0.2, 0.25) is 11.1 Å². The molecule has 0 bridgehead atoms. The van der Waals surface area contributed by atoms with Gasteiger partial charge in [-0.1, -0.05) is 25.1 Å². The molecule has 1 unspecified atom stereocenters. The average Bonchev–Trinajstić information content (AvgIpc) is 2.79. The molecule has 1 saturated heterocycles. The van der Waals surface area contributed by atoms with Gasteiger partial charge < -0.3 is 10.6 Å². The molecule has 20 heavy (non-hydrogen) atoms. The minimum Gasteiger partial charge on any atom is -0.355 e. The van der Waals surface area contributed by atoms with Crippen molar-refractivity contribution in [1.82, 2.24) is 30.8 Å². The molecular formula is C12H22N6OS. The lowest BCUT2D eigenvalue weighted by atomic mass is 10.2. The quantitative estimate of drug-likeness (QED) is 0.710. The number of carbonyl (C=O) groups excluding carboxylic acids is 1. The summed E-state index contributed by atoms with van der Waals surface area (Å²) in [5, 5.41) is 18.6. The Kier molecular flexibility index (Phi) is 6.25. The largest absolute Gasteiger partial charge is 0.355 e. The molecule has 8 heteroatoms. The lowest BCUT2D eigenvalue weighted by Gasteiger charge is -2.12. The van der Waals surface area contributed by atoms with E-state index < -0.39 is 0 Å². The van der Waals surface area contributed by atoms with E-state index in [1.807, 2.05) is 0 Å². The number of nitrogens with one attached hydrogen (secondary N) is 2. The maximum Gasteiger partial charge on any atom is 0.233 e. The summed E-state index contributed by atoms with van der Waals surface area (Å²) in [5.74, 6) is 0.103. The molecule has 1 aromatic heterocycles. The van der Waals surface area contributed by atoms with Crippen molar-refractivity contribution >= 4 is 17.7 Å². The van der Waals surface area contributed by atoms with Crippen LogP contribution in [0, 0.1) is 0 Å². The highest BCUT2D eigenvalue weighted by Crippen LogP contribution is 2.25. The molecule has 0 aromatic carbocycles. The fraction of sp³-hybridized carbons (Fsp3) is 0.833. The van der Waals surface area contributed by atoms with Gasteiger partial charge in [0.25, 0.3) is 0 Å². The van der Waals surface area contributed by atoms with Gasteiger partial charge in [-0.2, -0.15) is 0 Å². The number of aromatic nitrogens is 4. The van der Waals surface area contributed by atoms with Gasteiger partial charge >= 0.3 is 0 Å². The normalized spacial score (nSPS) is 19.6. The maximum atomic E-state index is 11.9. The van der Waals surface area contributed by atoms with E-state index in [0.717, 1.165) is 57.0 Å². The maximum absolute atomic E-state index is 11.9. The molecule has 0 spiro atoms. The van der Waals surface area contributed by atoms with Crippen LogP contribution in [0.3, 0.4) is 0 Å². The van der Waals surface area contributed by atoms with Crippen LogP contribution in [0.4, 0.5) is 0 Å². The minimum atomic E-state index is -0.0779. The van der Waals surface area contributed by atoms with Crippen LogP contribution in [0.2, 0.25) is 0 Å². The number of carbonyl (C=O) groups is 1. The van der Waals surface area contributed by atoms with Gasteiger partial charge in [0.15, 0.2) is 0 Å². The van der Waals surface area contributed by atoms with E-state index >= 15 is 0 Å². The third-order valence-electron chi connectivity index (χ3n) is 3.16. The number of rotatable bonds is 7. The lowest BCUT2D eigenvalue weighted by Crippen LogP contribution is -2.31. The van der Waals surface area contributed by atoms with Gasteiger partial charge in [0.1, 0.15) is 0 Å². The number of hydrogen-bond donors (Lipinski definition) is 2. The zero-order chi connectivity index (χ0) is 14.2. The molecule has 1 fully saturated rings. The molecule has 1 aliphatic rings. The number of thioether (sulfide) groups is 1. The van der Waals surface area contributed by atoms with Gasteiger partial charge in [-0.3, -0.25) is 4.79 Å². The van der Waals surface area contributed by atoms with Crippen molar-refractivity contribution in [3.05, 3.63) is 0 Å². The van der Waals surface area contributed by atoms with Crippen LogP contribution in [0.15, 0.2) is 5.16 Å². The first-order valence-electron chi connectivity index (χ1n) is 7.22. The highest BCUT2D eigenvalue weighted by molar-refractivity contribution is 8.00. The van der Waals surface area contributed by atoms with Crippen LogP contribution in [0.1, 0.15) is 32.6 Å². The molecule has 2 heterocycles. The molecule has 1 atom stereocenters. The fourth-order valence-corrected chi connectivity index (χ4v) is 3.12. The standard InChI is InChI=1S/C12H22N6OS/c1-2-6-13-8-9-18-12(15-16-17-18)20-10-5-3-4-7-14-11(10)19/h10,13H,2-9H2,1H3,(H,14,19). The number of tetrazole rings is 1. The Morgan fingerprint density at radius 2 is 2.35 bits per heavy atom. The number of hydrogen-bond acceptors (Lipinski definition) is 6. The van der Waals surface area contributed by atoms with Crippen molar-refractivity contribution < 1.29 is 4.79 Å². The first-order chi connectivity index (χ1) is 9.81. The predicted octanol–water partition coefficient (Wildman–Crippen LogP) is 0.433. The van der Waals surface area contributed by atoms with Crippen molar-refractivity contribution in [2.24, 2.45) is 0 Å². The first kappa shape index (κ1) is 15.2. The summed E-state index contributed by atoms with van der Waals surface area (Å²) in [4.78, 5) is 11.9. The van der Waals surface area contributed by atoms with E-state index in [9.17, 15) is 4.79 Å². The van der Waals surface area contributed by atoms with E-state index in [1.54, 1.807) is 4.68 Å². The van der Waals surface area contributed by atoms with Crippen LogP contribution in [0.25, 0.3) is 0 Å². The zero-order valence-electron chi connectivity index (χ0n) is 11.8. The third kappa shape index (κ3) is 4.45. The van der Waals surface area contributed by atoms with Crippen LogP contribution >= 0.6 is 11.8 Å². The second-order valence-electron chi connectivity index (χ2n) is 4.83. The van der Waals surface area contributed by atoms with E-state index in [4.69, 9.17) is 0 Å². The highest BCUT2D eigenvalue weighted by Gasteiger charge is 2.24. The third-order valence-corrected chi connectivity index (χ3v) is 4.40. The molecule has 0 radical (unpaired) electrons. The summed E-state index contributed by atoms with van der Waals surface area (Å²) in [7, 11) is 0. The Balaban J connectivity index is 1.88. The van der Waals surface area contributed by atoms with Crippen molar-refractivity contribution in [2.45, 2.75) is 49.6 Å². The average molecular weight is 298 g/mol. The topological polar surface area (TPSA) is 84.7 Å². The summed E-state index contributed by atoms with van der Waals surface area (Å²) < 4.78 is 1.77. The molecule has 7 nitrogen and oxygen atoms in total. The molecule has 1 aliphatic heterocycles. The molecule has 0 aliphatic carbocycles. The van der Waals surface area contributed by atoms with E-state index in [-0.39, 0.29) is 11.2 Å². The van der Waals surface area contributed by atoms with Crippen molar-refractivity contribution in [1.29, 1.82) is 0 Å². The Hall–Kier alpha value is -1.15. The molecule has 0 saturated carbocycles. The SMILES string of the molecule is CCCNCCn1nnnc1SC1CCCCNC1=O.